The molecule has 13 heavy (non-hydrogen) atoms. The quantitative estimate of drug-likeness (QED) is 0.742. The number of aryl methyl sites for hydroxylation is 1. The van der Waals surface area contributed by atoms with Gasteiger partial charge in [-0.3, -0.25) is 0 Å². The maximum absolute atomic E-state index is 10.8. The van der Waals surface area contributed by atoms with Crippen LogP contribution in [0.1, 0.15) is 21.7 Å². The van der Waals surface area contributed by atoms with Crippen LogP contribution in [0.3, 0.4) is 0 Å². The van der Waals surface area contributed by atoms with E-state index in [0.29, 0.717) is 5.69 Å². The lowest BCUT2D eigenvalue weighted by Crippen LogP contribution is -2.08. The minimum Gasteiger partial charge on any atom is -0.477 e. The largest absolute Gasteiger partial charge is 0.477 e. The number of thioether (sulfide) groups is 1. The average molecular weight is 197 g/mol. The van der Waals surface area contributed by atoms with Crippen molar-refractivity contribution < 1.29 is 9.90 Å². The van der Waals surface area contributed by atoms with Gasteiger partial charge in [0.1, 0.15) is 5.69 Å². The molecule has 0 fully saturated rings. The molecule has 1 aromatic heterocycles. The zero-order chi connectivity index (χ0) is 9.42. The summed E-state index contributed by atoms with van der Waals surface area (Å²) in [7, 11) is 1.83. The molecule has 0 saturated carbocycles. The molecule has 0 aromatic carbocycles. The van der Waals surface area contributed by atoms with Gasteiger partial charge >= 0.3 is 5.97 Å². The van der Waals surface area contributed by atoms with Gasteiger partial charge in [-0.05, 0) is 23.8 Å². The van der Waals surface area contributed by atoms with E-state index in [9.17, 15) is 4.79 Å². The fourth-order valence-electron chi connectivity index (χ4n) is 1.67. The topological polar surface area (TPSA) is 42.2 Å². The number of nitrogens with zero attached hydrogens (tertiary/aromatic N) is 1. The molecule has 70 valence electrons. The van der Waals surface area contributed by atoms with Crippen molar-refractivity contribution in [2.75, 3.05) is 5.75 Å². The van der Waals surface area contributed by atoms with Crippen molar-refractivity contribution in [3.05, 3.63) is 23.0 Å². The van der Waals surface area contributed by atoms with Crippen LogP contribution in [0.5, 0.6) is 0 Å². The summed E-state index contributed by atoms with van der Waals surface area (Å²) in [5.74, 6) is 1.22. The van der Waals surface area contributed by atoms with Crippen LogP contribution < -0.4 is 0 Å². The molecular formula is C9H11NO2S. The standard InChI is InChI=1S/C9H11NO2S/c1-10-7(9(11)12)4-6-2-3-13-5-8(6)10/h4H,2-3,5H2,1H3,(H,11,12). The Morgan fingerprint density at radius 3 is 3.08 bits per heavy atom. The number of aromatic nitrogens is 1. The monoisotopic (exact) mass is 197 g/mol. The fraction of sp³-hybridized carbons (Fsp3) is 0.444. The number of fused-ring (bicyclic) bond motifs is 1. The minimum absolute atomic E-state index is 0.410. The highest BCUT2D eigenvalue weighted by atomic mass is 32.2. The molecule has 1 aliphatic heterocycles. The van der Waals surface area contributed by atoms with E-state index < -0.39 is 5.97 Å². The zero-order valence-electron chi connectivity index (χ0n) is 7.41. The lowest BCUT2D eigenvalue weighted by molar-refractivity contribution is 0.0686. The molecule has 0 bridgehead atoms. The van der Waals surface area contributed by atoms with E-state index in [1.54, 1.807) is 10.6 Å². The predicted molar refractivity (Wildman–Crippen MR) is 52.2 cm³/mol. The van der Waals surface area contributed by atoms with Gasteiger partial charge in [0.15, 0.2) is 0 Å². The van der Waals surface area contributed by atoms with Crippen LogP contribution in [0.2, 0.25) is 0 Å². The van der Waals surface area contributed by atoms with E-state index in [0.717, 1.165) is 17.9 Å². The van der Waals surface area contributed by atoms with Crippen LogP contribution in [0, 0.1) is 0 Å². The summed E-state index contributed by atoms with van der Waals surface area (Å²) in [5, 5.41) is 8.89. The van der Waals surface area contributed by atoms with E-state index in [1.165, 1.54) is 11.3 Å². The second-order valence-corrected chi connectivity index (χ2v) is 4.27. The van der Waals surface area contributed by atoms with Crippen molar-refractivity contribution in [1.29, 1.82) is 0 Å². The number of carbonyl (C=O) groups is 1. The number of rotatable bonds is 1. The summed E-state index contributed by atoms with van der Waals surface area (Å²) < 4.78 is 1.80. The summed E-state index contributed by atoms with van der Waals surface area (Å²) in [6, 6.07) is 1.80. The van der Waals surface area contributed by atoms with Crippen LogP contribution in [0.25, 0.3) is 0 Å². The van der Waals surface area contributed by atoms with Crippen molar-refractivity contribution in [2.24, 2.45) is 7.05 Å². The third-order valence-electron chi connectivity index (χ3n) is 2.42. The second kappa shape index (κ2) is 3.10. The Kier molecular flexibility index (Phi) is 2.07. The number of carboxylic acid groups (broad SMARTS) is 1. The van der Waals surface area contributed by atoms with Gasteiger partial charge in [0.25, 0.3) is 0 Å². The smallest absolute Gasteiger partial charge is 0.352 e. The number of aromatic carboxylic acids is 1. The Balaban J connectivity index is 2.50. The Bertz CT molecular complexity index is 357. The van der Waals surface area contributed by atoms with E-state index in [-0.39, 0.29) is 0 Å². The summed E-state index contributed by atoms with van der Waals surface area (Å²) in [6.07, 6.45) is 1.00. The Morgan fingerprint density at radius 2 is 2.46 bits per heavy atom. The normalized spacial score (nSPS) is 15.5. The highest BCUT2D eigenvalue weighted by Crippen LogP contribution is 2.26. The van der Waals surface area contributed by atoms with Crippen molar-refractivity contribution in [1.82, 2.24) is 4.57 Å². The molecule has 1 aromatic rings. The van der Waals surface area contributed by atoms with Gasteiger partial charge in [0, 0.05) is 18.5 Å². The first-order valence-electron chi connectivity index (χ1n) is 4.18. The van der Waals surface area contributed by atoms with Crippen LogP contribution >= 0.6 is 11.8 Å². The molecule has 0 radical (unpaired) electrons. The highest BCUT2D eigenvalue weighted by molar-refractivity contribution is 7.98. The van der Waals surface area contributed by atoms with Gasteiger partial charge in [0.05, 0.1) is 0 Å². The maximum Gasteiger partial charge on any atom is 0.352 e. The number of hydrogen-bond donors (Lipinski definition) is 1. The van der Waals surface area contributed by atoms with Gasteiger partial charge in [0.2, 0.25) is 0 Å². The van der Waals surface area contributed by atoms with Crippen molar-refractivity contribution in [2.45, 2.75) is 12.2 Å². The second-order valence-electron chi connectivity index (χ2n) is 3.17. The summed E-state index contributed by atoms with van der Waals surface area (Å²) in [4.78, 5) is 10.8. The first-order valence-corrected chi connectivity index (χ1v) is 5.34. The maximum atomic E-state index is 10.8. The molecule has 0 unspecified atom stereocenters. The third-order valence-corrected chi connectivity index (χ3v) is 3.39. The molecule has 2 rings (SSSR count). The Morgan fingerprint density at radius 1 is 1.69 bits per heavy atom. The van der Waals surface area contributed by atoms with Crippen LogP contribution in [-0.4, -0.2) is 21.4 Å². The average Bonchev–Trinajstić information content (AvgIpc) is 2.45. The SMILES string of the molecule is Cn1c(C(=O)O)cc2c1CSCC2. The molecule has 0 spiro atoms. The molecule has 2 heterocycles. The lowest BCUT2D eigenvalue weighted by Gasteiger charge is -2.12. The van der Waals surface area contributed by atoms with E-state index in [1.807, 2.05) is 18.8 Å². The first-order chi connectivity index (χ1) is 6.20. The minimum atomic E-state index is -0.832. The Hall–Kier alpha value is -0.900. The molecule has 0 aliphatic carbocycles. The molecule has 1 aliphatic rings. The van der Waals surface area contributed by atoms with Crippen LogP contribution in [0.15, 0.2) is 6.07 Å². The third kappa shape index (κ3) is 1.35. The summed E-state index contributed by atoms with van der Waals surface area (Å²) >= 11 is 1.86. The molecule has 0 atom stereocenters. The number of hydrogen-bond acceptors (Lipinski definition) is 2. The van der Waals surface area contributed by atoms with Crippen LogP contribution in [0.4, 0.5) is 0 Å². The van der Waals surface area contributed by atoms with E-state index >= 15 is 0 Å². The zero-order valence-corrected chi connectivity index (χ0v) is 8.23. The molecule has 1 N–H and O–H groups in total. The van der Waals surface area contributed by atoms with E-state index in [4.69, 9.17) is 5.11 Å². The van der Waals surface area contributed by atoms with E-state index in [2.05, 4.69) is 0 Å². The highest BCUT2D eigenvalue weighted by Gasteiger charge is 2.19. The van der Waals surface area contributed by atoms with Gasteiger partial charge in [-0.1, -0.05) is 0 Å². The molecular weight excluding hydrogens is 186 g/mol. The summed E-state index contributed by atoms with van der Waals surface area (Å²) in [5.41, 5.74) is 2.79. The van der Waals surface area contributed by atoms with Gasteiger partial charge in [-0.2, -0.15) is 11.8 Å². The van der Waals surface area contributed by atoms with Gasteiger partial charge in [-0.15, -0.1) is 0 Å². The van der Waals surface area contributed by atoms with Crippen molar-refractivity contribution >= 4 is 17.7 Å². The van der Waals surface area contributed by atoms with Crippen molar-refractivity contribution in [3.8, 4) is 0 Å². The summed E-state index contributed by atoms with van der Waals surface area (Å²) in [6.45, 7) is 0. The molecule has 0 saturated heterocycles. The van der Waals surface area contributed by atoms with Crippen LogP contribution in [-0.2, 0) is 19.2 Å². The number of carboxylic acids is 1. The predicted octanol–water partition coefficient (Wildman–Crippen LogP) is 1.51. The first kappa shape index (κ1) is 8.69. The Labute approximate surface area is 80.7 Å². The van der Waals surface area contributed by atoms with Gasteiger partial charge < -0.3 is 9.67 Å². The fourth-order valence-corrected chi connectivity index (χ4v) is 2.75. The molecule has 4 heteroatoms. The molecule has 3 nitrogen and oxygen atoms in total. The van der Waals surface area contributed by atoms with Gasteiger partial charge in [-0.25, -0.2) is 4.79 Å². The lowest BCUT2D eigenvalue weighted by atomic mass is 10.2. The molecule has 0 amide bonds. The van der Waals surface area contributed by atoms with Crippen molar-refractivity contribution in [3.63, 3.8) is 0 Å².